The summed E-state index contributed by atoms with van der Waals surface area (Å²) in [5.74, 6) is -0.469. The molecule has 0 aromatic rings. The van der Waals surface area contributed by atoms with E-state index >= 15 is 0 Å². The molecule has 0 saturated heterocycles. The molecule has 92 valence electrons. The molecule has 0 aromatic carbocycles. The van der Waals surface area contributed by atoms with Crippen LogP contribution >= 0.6 is 0 Å². The normalized spacial score (nSPS) is 11.7. The highest BCUT2D eigenvalue weighted by Gasteiger charge is 2.35. The van der Waals surface area contributed by atoms with Crippen molar-refractivity contribution in [2.24, 2.45) is 0 Å². The van der Waals surface area contributed by atoms with Gasteiger partial charge in [0, 0.05) is 26.9 Å². The molecule has 0 heterocycles. The average Bonchev–Trinajstić information content (AvgIpc) is 2.32. The number of carbonyl (C=O) groups is 1. The fourth-order valence-corrected chi connectivity index (χ4v) is 2.53. The number of esters is 1. The molecule has 0 radical (unpaired) electrons. The maximum Gasteiger partial charge on any atom is 0.528 e. The smallest absolute Gasteiger partial charge is 0.458 e. The van der Waals surface area contributed by atoms with E-state index in [1.54, 1.807) is 11.8 Å². The molecule has 0 bridgehead atoms. The average molecular weight is 246 g/mol. The highest BCUT2D eigenvalue weighted by Crippen LogP contribution is 2.08. The van der Waals surface area contributed by atoms with E-state index in [1.807, 2.05) is 6.92 Å². The van der Waals surface area contributed by atoms with Gasteiger partial charge in [-0.1, -0.05) is 6.58 Å². The topological polar surface area (TPSA) is 54.0 Å². The summed E-state index contributed by atoms with van der Waals surface area (Å²) in [4.78, 5) is 10.7. The van der Waals surface area contributed by atoms with Gasteiger partial charge in [-0.2, -0.15) is 0 Å². The molecule has 0 aliphatic heterocycles. The quantitative estimate of drug-likeness (QED) is 0.364. The number of rotatable bonds is 8. The van der Waals surface area contributed by atoms with Crippen LogP contribution in [0.3, 0.4) is 0 Å². The Morgan fingerprint density at radius 1 is 1.38 bits per heavy atom. The van der Waals surface area contributed by atoms with Gasteiger partial charge in [0.15, 0.2) is 0 Å². The Hall–Kier alpha value is -0.953. The summed E-state index contributed by atoms with van der Waals surface area (Å²) in [5.41, 5.74) is 1.67. The van der Waals surface area contributed by atoms with Crippen molar-refractivity contribution in [1.29, 1.82) is 0 Å². The summed E-state index contributed by atoms with van der Waals surface area (Å²) in [6, 6.07) is 0. The van der Waals surface area contributed by atoms with Gasteiger partial charge in [0.1, 0.15) is 6.61 Å². The van der Waals surface area contributed by atoms with Crippen molar-refractivity contribution in [2.75, 3.05) is 27.4 Å². The predicted octanol–water partition coefficient (Wildman–Crippen LogP) is 1.08. The van der Waals surface area contributed by atoms with Crippen molar-refractivity contribution in [3.63, 3.8) is 0 Å². The van der Waals surface area contributed by atoms with Gasteiger partial charge < -0.3 is 18.0 Å². The lowest BCUT2D eigenvalue weighted by molar-refractivity contribution is -0.136. The lowest BCUT2D eigenvalue weighted by atomic mass is 10.6. The van der Waals surface area contributed by atoms with Gasteiger partial charge in [-0.15, -0.1) is 0 Å². The zero-order valence-corrected chi connectivity index (χ0v) is 10.9. The van der Waals surface area contributed by atoms with Crippen molar-refractivity contribution < 1.29 is 22.8 Å². The Labute approximate surface area is 97.0 Å². The van der Waals surface area contributed by atoms with E-state index in [2.05, 4.69) is 6.58 Å². The molecule has 0 saturated carbocycles. The fourth-order valence-electron chi connectivity index (χ4n) is 0.968. The Balaban J connectivity index is 4.22. The summed E-state index contributed by atoms with van der Waals surface area (Å²) in [6.45, 7) is 5.77. The van der Waals surface area contributed by atoms with Crippen LogP contribution in [-0.4, -0.2) is 42.2 Å². The van der Waals surface area contributed by atoms with Crippen LogP contribution in [0, 0.1) is 0 Å². The van der Waals surface area contributed by atoms with Crippen molar-refractivity contribution in [3.05, 3.63) is 24.4 Å². The third kappa shape index (κ3) is 5.22. The summed E-state index contributed by atoms with van der Waals surface area (Å²) in [5, 5.41) is 0. The Morgan fingerprint density at radius 2 is 2.00 bits per heavy atom. The first-order chi connectivity index (χ1) is 7.64. The van der Waals surface area contributed by atoms with Crippen LogP contribution in [0.25, 0.3) is 0 Å². The molecule has 0 fully saturated rings. The third-order valence-corrected chi connectivity index (χ3v) is 4.20. The summed E-state index contributed by atoms with van der Waals surface area (Å²) >= 11 is 0. The Bertz CT molecular complexity index is 248. The zero-order chi connectivity index (χ0) is 12.4. The van der Waals surface area contributed by atoms with Gasteiger partial charge in [0.2, 0.25) is 0 Å². The van der Waals surface area contributed by atoms with E-state index in [9.17, 15) is 4.79 Å². The lowest BCUT2D eigenvalue weighted by Crippen LogP contribution is -2.42. The first-order valence-corrected chi connectivity index (χ1v) is 6.65. The van der Waals surface area contributed by atoms with Gasteiger partial charge in [-0.05, 0) is 18.7 Å². The van der Waals surface area contributed by atoms with E-state index in [0.717, 1.165) is 6.08 Å². The van der Waals surface area contributed by atoms with Crippen molar-refractivity contribution in [3.8, 4) is 0 Å². The Morgan fingerprint density at radius 3 is 2.44 bits per heavy atom. The van der Waals surface area contributed by atoms with Crippen LogP contribution < -0.4 is 0 Å². The molecular weight excluding hydrogens is 228 g/mol. The lowest BCUT2D eigenvalue weighted by Gasteiger charge is -2.21. The largest absolute Gasteiger partial charge is 0.528 e. The maximum absolute atomic E-state index is 10.7. The number of hydrogen-bond acceptors (Lipinski definition) is 5. The number of hydrogen-bond donors (Lipinski definition) is 0. The van der Waals surface area contributed by atoms with E-state index in [0.29, 0.717) is 6.61 Å². The standard InChI is InChI=1S/C10H18O5Si/c1-5-10(11)14-8-7-9-16(12-3,13-4)15-6-2/h5,7,9H,1,6,8H2,2-4H3. The third-order valence-electron chi connectivity index (χ3n) is 1.73. The van der Waals surface area contributed by atoms with Crippen LogP contribution in [0.5, 0.6) is 0 Å². The molecule has 0 atom stereocenters. The van der Waals surface area contributed by atoms with Crippen LogP contribution in [0.2, 0.25) is 0 Å². The molecule has 0 aliphatic rings. The predicted molar refractivity (Wildman–Crippen MR) is 61.7 cm³/mol. The minimum Gasteiger partial charge on any atom is -0.458 e. The second-order valence-electron chi connectivity index (χ2n) is 2.68. The molecule has 0 rings (SSSR count). The van der Waals surface area contributed by atoms with E-state index in [-0.39, 0.29) is 6.61 Å². The second-order valence-corrected chi connectivity index (χ2v) is 5.33. The number of ether oxygens (including phenoxy) is 1. The first kappa shape index (κ1) is 15.0. The van der Waals surface area contributed by atoms with Crippen molar-refractivity contribution >= 4 is 14.8 Å². The van der Waals surface area contributed by atoms with E-state index < -0.39 is 14.8 Å². The SMILES string of the molecule is C=CC(=O)OCC=C[Si](OC)(OC)OCC. The van der Waals surface area contributed by atoms with Crippen LogP contribution in [-0.2, 0) is 22.8 Å². The minimum atomic E-state index is -2.72. The van der Waals surface area contributed by atoms with Gasteiger partial charge in [0.25, 0.3) is 0 Å². The molecule has 0 aromatic heterocycles. The monoisotopic (exact) mass is 246 g/mol. The summed E-state index contributed by atoms with van der Waals surface area (Å²) in [6.07, 6.45) is 2.74. The molecule has 0 spiro atoms. The molecule has 0 unspecified atom stereocenters. The molecular formula is C10H18O5Si. The van der Waals surface area contributed by atoms with Gasteiger partial charge in [-0.3, -0.25) is 0 Å². The maximum atomic E-state index is 10.7. The van der Waals surface area contributed by atoms with Crippen LogP contribution in [0.15, 0.2) is 24.4 Å². The van der Waals surface area contributed by atoms with Crippen LogP contribution in [0.4, 0.5) is 0 Å². The van der Waals surface area contributed by atoms with Crippen LogP contribution in [0.1, 0.15) is 6.92 Å². The number of carbonyl (C=O) groups excluding carboxylic acids is 1. The second kappa shape index (κ2) is 8.23. The van der Waals surface area contributed by atoms with Crippen molar-refractivity contribution in [2.45, 2.75) is 6.92 Å². The molecule has 5 nitrogen and oxygen atoms in total. The Kier molecular flexibility index (Phi) is 7.74. The van der Waals surface area contributed by atoms with E-state index in [4.69, 9.17) is 18.0 Å². The van der Waals surface area contributed by atoms with E-state index in [1.165, 1.54) is 14.2 Å². The summed E-state index contributed by atoms with van der Waals surface area (Å²) < 4.78 is 20.6. The van der Waals surface area contributed by atoms with Gasteiger partial charge in [0.05, 0.1) is 0 Å². The van der Waals surface area contributed by atoms with Crippen molar-refractivity contribution in [1.82, 2.24) is 0 Å². The molecule has 6 heteroatoms. The minimum absolute atomic E-state index is 0.138. The summed E-state index contributed by atoms with van der Waals surface area (Å²) in [7, 11) is 0.315. The molecule has 16 heavy (non-hydrogen) atoms. The molecule has 0 amide bonds. The fraction of sp³-hybridized carbons (Fsp3) is 0.500. The molecule has 0 N–H and O–H groups in total. The first-order valence-electron chi connectivity index (χ1n) is 4.85. The zero-order valence-electron chi connectivity index (χ0n) is 9.89. The molecule has 0 aliphatic carbocycles. The van der Waals surface area contributed by atoms with Gasteiger partial charge >= 0.3 is 14.8 Å². The highest BCUT2D eigenvalue weighted by molar-refractivity contribution is 6.66. The highest BCUT2D eigenvalue weighted by atomic mass is 28.4. The van der Waals surface area contributed by atoms with Gasteiger partial charge in [-0.25, -0.2) is 4.79 Å².